The molecule has 1 aliphatic rings. The maximum Gasteiger partial charge on any atom is 0.490 e. The number of fused-ring (bicyclic) bond motifs is 1. The van der Waals surface area contributed by atoms with Gasteiger partial charge in [-0.3, -0.25) is 9.09 Å². The summed E-state index contributed by atoms with van der Waals surface area (Å²) in [5.74, 6) is 0.0177. The summed E-state index contributed by atoms with van der Waals surface area (Å²) in [7, 11) is -16.9. The zero-order valence-electron chi connectivity index (χ0n) is 21.1. The van der Waals surface area contributed by atoms with Crippen molar-refractivity contribution in [3.63, 3.8) is 0 Å². The minimum Gasteiger partial charge on any atom is -0.440 e. The lowest BCUT2D eigenvalue weighted by atomic mass is 10.1. The third kappa shape index (κ3) is 9.72. The average Bonchev–Trinajstić information content (AvgIpc) is 3.40. The van der Waals surface area contributed by atoms with Crippen LogP contribution in [-0.2, 0) is 36.3 Å². The molecule has 3 rings (SSSR count). The van der Waals surface area contributed by atoms with Crippen LogP contribution >= 0.6 is 23.5 Å². The molecule has 0 aliphatic carbocycles. The molecule has 0 aromatic carbocycles. The van der Waals surface area contributed by atoms with E-state index in [1.165, 1.54) is 10.9 Å². The van der Waals surface area contributed by atoms with Crippen molar-refractivity contribution < 1.29 is 65.8 Å². The number of ether oxygens (including phenoxy) is 2. The molecule has 21 nitrogen and oxygen atoms in total. The summed E-state index contributed by atoms with van der Waals surface area (Å²) in [6.45, 7) is -0.230. The van der Waals surface area contributed by atoms with Gasteiger partial charge in [0.1, 0.15) is 24.1 Å². The van der Waals surface area contributed by atoms with E-state index in [4.69, 9.17) is 30.7 Å². The molecular formula is C17H30N7O14P3. The number of nitrogens with one attached hydrogen (secondary N) is 1. The first-order valence-corrected chi connectivity index (χ1v) is 16.3. The molecule has 41 heavy (non-hydrogen) atoms. The van der Waals surface area contributed by atoms with Crippen molar-refractivity contribution in [1.29, 1.82) is 0 Å². The summed E-state index contributed by atoms with van der Waals surface area (Å²) in [4.78, 5) is 60.8. The van der Waals surface area contributed by atoms with Gasteiger partial charge in [-0.25, -0.2) is 33.4 Å². The molecule has 24 heteroatoms. The lowest BCUT2D eigenvalue weighted by molar-refractivity contribution is -0.0508. The highest BCUT2D eigenvalue weighted by Crippen LogP contribution is 2.66. The molecule has 232 valence electrons. The molecule has 0 spiro atoms. The largest absolute Gasteiger partial charge is 0.490 e. The van der Waals surface area contributed by atoms with Crippen LogP contribution in [0.2, 0.25) is 0 Å². The second kappa shape index (κ2) is 13.9. The maximum atomic E-state index is 12.4. The highest BCUT2D eigenvalue weighted by molar-refractivity contribution is 7.66. The first-order chi connectivity index (χ1) is 19.1. The molecule has 0 radical (unpaired) electrons. The van der Waals surface area contributed by atoms with Crippen molar-refractivity contribution in [2.75, 3.05) is 25.4 Å². The summed E-state index contributed by atoms with van der Waals surface area (Å²) in [5, 5.41) is 13.5. The molecule has 1 aliphatic heterocycles. The number of nitrogens with zero attached hydrogens (tertiary/aromatic N) is 4. The monoisotopic (exact) mass is 649 g/mol. The topological polar surface area (TPSA) is 323 Å². The van der Waals surface area contributed by atoms with Crippen molar-refractivity contribution in [2.24, 2.45) is 5.73 Å². The molecule has 0 bridgehead atoms. The standard InChI is InChI=1S/C17H30N7O14P3/c18-5-3-1-2-4-6-20-17(26)36-13-10(7-34-40(30,31)38-41(32,33)37-39(27,28)29)35-16(12(13)25)24-9-23-11-14(19)21-8-22-15(11)24/h8-10,12-13,16,25H,1-7,18H2,(H,20,26)(H,30,31)(H,32,33)(H2,19,21,22)(H2,27,28,29). The zero-order chi connectivity index (χ0) is 30.4. The number of imidazole rings is 1. The summed E-state index contributed by atoms with van der Waals surface area (Å²) < 4.78 is 58.9. The number of nitrogens with two attached hydrogens (primary N) is 2. The van der Waals surface area contributed by atoms with Crippen molar-refractivity contribution in [1.82, 2.24) is 24.8 Å². The predicted octanol–water partition coefficient (Wildman–Crippen LogP) is -0.376. The molecule has 0 saturated carbocycles. The Hall–Kier alpha value is -2.09. The van der Waals surface area contributed by atoms with Gasteiger partial charge >= 0.3 is 29.6 Å². The molecule has 1 amide bonds. The Bertz CT molecular complexity index is 1340. The molecule has 6 atom stereocenters. The first-order valence-electron chi connectivity index (χ1n) is 11.8. The number of aliphatic hydroxyl groups is 1. The van der Waals surface area contributed by atoms with E-state index in [0.29, 0.717) is 13.0 Å². The van der Waals surface area contributed by atoms with Crippen molar-refractivity contribution in [2.45, 2.75) is 50.2 Å². The van der Waals surface area contributed by atoms with Gasteiger partial charge in [0.15, 0.2) is 23.8 Å². The van der Waals surface area contributed by atoms with Gasteiger partial charge in [-0.05, 0) is 19.4 Å². The maximum absolute atomic E-state index is 12.4. The number of phosphoric ester groups is 1. The number of aliphatic hydroxyl groups excluding tert-OH is 1. The fraction of sp³-hybridized carbons (Fsp3) is 0.647. The van der Waals surface area contributed by atoms with E-state index >= 15 is 0 Å². The van der Waals surface area contributed by atoms with Crippen LogP contribution in [0.5, 0.6) is 0 Å². The third-order valence-corrected chi connectivity index (χ3v) is 9.23. The highest BCUT2D eigenvalue weighted by Gasteiger charge is 2.49. The van der Waals surface area contributed by atoms with Crippen LogP contribution in [0.1, 0.15) is 31.9 Å². The minimum absolute atomic E-state index is 0.0177. The Morgan fingerprint density at radius 3 is 2.44 bits per heavy atom. The lowest BCUT2D eigenvalue weighted by Crippen LogP contribution is -2.41. The Balaban J connectivity index is 1.74. The summed E-state index contributed by atoms with van der Waals surface area (Å²) in [6.07, 6.45) is -1.63. The predicted molar refractivity (Wildman–Crippen MR) is 135 cm³/mol. The number of rotatable bonds is 15. The Labute approximate surface area is 231 Å². The van der Waals surface area contributed by atoms with Crippen LogP contribution in [-0.4, -0.2) is 88.3 Å². The van der Waals surface area contributed by atoms with Gasteiger partial charge < -0.3 is 50.9 Å². The summed E-state index contributed by atoms with van der Waals surface area (Å²) >= 11 is 0. The van der Waals surface area contributed by atoms with Gasteiger partial charge in [0.2, 0.25) is 0 Å². The van der Waals surface area contributed by atoms with Crippen LogP contribution in [0.15, 0.2) is 12.7 Å². The molecule has 1 saturated heterocycles. The SMILES string of the molecule is NCCCCCCNC(=O)OC1C(COP(=O)(O)OP(=O)(O)OP(=O)(O)O)OC(n2cnc3c(N)ncnc32)C1O. The molecule has 6 unspecified atom stereocenters. The molecular weight excluding hydrogens is 619 g/mol. The van der Waals surface area contributed by atoms with Gasteiger partial charge in [0.05, 0.1) is 12.9 Å². The van der Waals surface area contributed by atoms with E-state index in [1.807, 2.05) is 0 Å². The normalized spacial score (nSPS) is 24.1. The number of amides is 1. The van der Waals surface area contributed by atoms with Crippen LogP contribution in [0, 0.1) is 0 Å². The Kier molecular flexibility index (Phi) is 11.3. The summed E-state index contributed by atoms with van der Waals surface area (Å²) in [5.41, 5.74) is 11.5. The average molecular weight is 649 g/mol. The van der Waals surface area contributed by atoms with Crippen LogP contribution in [0.3, 0.4) is 0 Å². The van der Waals surface area contributed by atoms with Crippen molar-refractivity contribution in [3.8, 4) is 0 Å². The highest BCUT2D eigenvalue weighted by atomic mass is 31.3. The van der Waals surface area contributed by atoms with Gasteiger partial charge in [0.25, 0.3) is 0 Å². The van der Waals surface area contributed by atoms with E-state index < -0.39 is 60.7 Å². The number of aromatic nitrogens is 4. The van der Waals surface area contributed by atoms with Crippen molar-refractivity contribution >= 4 is 46.5 Å². The number of anilines is 1. The minimum atomic E-state index is -5.79. The molecule has 2 aromatic heterocycles. The number of carbonyl (C=O) groups excluding carboxylic acids is 1. The van der Waals surface area contributed by atoms with Crippen LogP contribution in [0.25, 0.3) is 11.2 Å². The number of nitrogen functional groups attached to an aromatic ring is 1. The number of phosphoric acid groups is 3. The van der Waals surface area contributed by atoms with E-state index in [-0.39, 0.29) is 23.5 Å². The van der Waals surface area contributed by atoms with E-state index in [2.05, 4.69) is 33.4 Å². The van der Waals surface area contributed by atoms with E-state index in [9.17, 15) is 33.4 Å². The zero-order valence-corrected chi connectivity index (χ0v) is 23.8. The number of hydrogen-bond donors (Lipinski definition) is 8. The lowest BCUT2D eigenvalue weighted by Gasteiger charge is -2.22. The fourth-order valence-corrected chi connectivity index (χ4v) is 6.76. The quantitative estimate of drug-likeness (QED) is 0.0900. The van der Waals surface area contributed by atoms with Crippen molar-refractivity contribution in [3.05, 3.63) is 12.7 Å². The number of alkyl carbamates (subject to hydrolysis) is 1. The smallest absolute Gasteiger partial charge is 0.440 e. The molecule has 1 fully saturated rings. The molecule has 3 heterocycles. The van der Waals surface area contributed by atoms with Crippen LogP contribution < -0.4 is 16.8 Å². The Morgan fingerprint density at radius 1 is 1.05 bits per heavy atom. The Morgan fingerprint density at radius 2 is 1.76 bits per heavy atom. The number of hydrogen-bond acceptors (Lipinski definition) is 15. The first kappa shape index (κ1) is 33.4. The fourth-order valence-electron chi connectivity index (χ4n) is 3.73. The van der Waals surface area contributed by atoms with Gasteiger partial charge in [0, 0.05) is 6.54 Å². The van der Waals surface area contributed by atoms with E-state index in [1.54, 1.807) is 0 Å². The second-order valence-corrected chi connectivity index (χ2v) is 12.9. The molecule has 10 N–H and O–H groups in total. The summed E-state index contributed by atoms with van der Waals surface area (Å²) in [6, 6.07) is 0. The van der Waals surface area contributed by atoms with Gasteiger partial charge in [-0.15, -0.1) is 0 Å². The van der Waals surface area contributed by atoms with Gasteiger partial charge in [-0.1, -0.05) is 12.8 Å². The molecule has 2 aromatic rings. The van der Waals surface area contributed by atoms with Crippen LogP contribution in [0.4, 0.5) is 10.6 Å². The number of carbonyl (C=O) groups is 1. The van der Waals surface area contributed by atoms with Gasteiger partial charge in [-0.2, -0.15) is 8.62 Å². The second-order valence-electron chi connectivity index (χ2n) is 8.52. The third-order valence-electron chi connectivity index (χ3n) is 5.43. The van der Waals surface area contributed by atoms with E-state index in [0.717, 1.165) is 25.6 Å². The number of unbranched alkanes of at least 4 members (excludes halogenated alkanes) is 3.